The third kappa shape index (κ3) is 4.50. The van der Waals surface area contributed by atoms with Gasteiger partial charge in [-0.3, -0.25) is 19.3 Å². The van der Waals surface area contributed by atoms with Crippen LogP contribution in [0.25, 0.3) is 0 Å². The van der Waals surface area contributed by atoms with Gasteiger partial charge in [0.1, 0.15) is 6.61 Å². The zero-order chi connectivity index (χ0) is 24.6. The monoisotopic (exact) mass is 496 g/mol. The highest BCUT2D eigenvalue weighted by Gasteiger charge is 2.36. The largest absolute Gasteiger partial charge is 0.464 e. The van der Waals surface area contributed by atoms with E-state index in [0.29, 0.717) is 28.9 Å². The molecule has 0 unspecified atom stereocenters. The molecule has 3 aliphatic rings. The molecule has 0 spiro atoms. The van der Waals surface area contributed by atoms with Gasteiger partial charge in [-0.2, -0.15) is 4.31 Å². The van der Waals surface area contributed by atoms with Gasteiger partial charge >= 0.3 is 5.97 Å². The zero-order valence-electron chi connectivity index (χ0n) is 19.4. The van der Waals surface area contributed by atoms with Crippen LogP contribution in [0.1, 0.15) is 57.5 Å². The van der Waals surface area contributed by atoms with E-state index in [0.717, 1.165) is 36.1 Å². The molecule has 2 aromatic rings. The van der Waals surface area contributed by atoms with Gasteiger partial charge in [0.2, 0.25) is 10.0 Å². The van der Waals surface area contributed by atoms with E-state index in [1.807, 2.05) is 12.1 Å². The van der Waals surface area contributed by atoms with Crippen LogP contribution in [0.4, 0.5) is 0 Å². The van der Waals surface area contributed by atoms with Crippen LogP contribution in [0.2, 0.25) is 0 Å². The van der Waals surface area contributed by atoms with Gasteiger partial charge in [0, 0.05) is 13.1 Å². The van der Waals surface area contributed by atoms with Crippen LogP contribution in [-0.2, 0) is 32.4 Å². The maximum absolute atomic E-state index is 13.2. The number of carbonyl (C=O) groups excluding carboxylic acids is 3. The SMILES string of the molecule is O=C(OCCN1C(=O)c2ccccc2C1=O)C1CCN(S(=O)(=O)c2ccc3c(c2)CCCC3)CC1. The number of imide groups is 1. The molecule has 0 saturated carbocycles. The number of amides is 2. The number of hydrogen-bond acceptors (Lipinski definition) is 6. The topological polar surface area (TPSA) is 101 Å². The Morgan fingerprint density at radius 2 is 1.54 bits per heavy atom. The van der Waals surface area contributed by atoms with E-state index in [1.165, 1.54) is 9.87 Å². The van der Waals surface area contributed by atoms with Crippen LogP contribution in [0.5, 0.6) is 0 Å². The van der Waals surface area contributed by atoms with Gasteiger partial charge in [-0.05, 0) is 73.9 Å². The molecule has 0 aromatic heterocycles. The Kier molecular flexibility index (Phi) is 6.46. The summed E-state index contributed by atoms with van der Waals surface area (Å²) < 4.78 is 33.1. The van der Waals surface area contributed by atoms with E-state index in [4.69, 9.17) is 4.74 Å². The predicted octanol–water partition coefficient (Wildman–Crippen LogP) is 2.81. The lowest BCUT2D eigenvalue weighted by Gasteiger charge is -2.30. The van der Waals surface area contributed by atoms with Crippen molar-refractivity contribution >= 4 is 27.8 Å². The second-order valence-corrected chi connectivity index (χ2v) is 11.2. The Balaban J connectivity index is 1.13. The second kappa shape index (κ2) is 9.54. The summed E-state index contributed by atoms with van der Waals surface area (Å²) in [6, 6.07) is 12.0. The van der Waals surface area contributed by atoms with Crippen molar-refractivity contribution in [1.82, 2.24) is 9.21 Å². The lowest BCUT2D eigenvalue weighted by Crippen LogP contribution is -2.41. The summed E-state index contributed by atoms with van der Waals surface area (Å²) in [5.74, 6) is -1.61. The van der Waals surface area contributed by atoms with E-state index in [9.17, 15) is 22.8 Å². The molecule has 2 aromatic carbocycles. The van der Waals surface area contributed by atoms with Crippen molar-refractivity contribution in [2.45, 2.75) is 43.4 Å². The molecular weight excluding hydrogens is 468 g/mol. The van der Waals surface area contributed by atoms with Gasteiger partial charge in [-0.1, -0.05) is 18.2 Å². The number of carbonyl (C=O) groups is 3. The Hall–Kier alpha value is -3.04. The quantitative estimate of drug-likeness (QED) is 0.450. The van der Waals surface area contributed by atoms with Crippen molar-refractivity contribution in [3.63, 3.8) is 0 Å². The Morgan fingerprint density at radius 1 is 0.914 bits per heavy atom. The lowest BCUT2D eigenvalue weighted by atomic mass is 9.92. The number of ether oxygens (including phenoxy) is 1. The van der Waals surface area contributed by atoms with Crippen molar-refractivity contribution in [3.8, 4) is 0 Å². The third-order valence-electron chi connectivity index (χ3n) is 7.18. The minimum Gasteiger partial charge on any atom is -0.464 e. The molecule has 0 radical (unpaired) electrons. The van der Waals surface area contributed by atoms with E-state index in [2.05, 4.69) is 0 Å². The molecular formula is C26H28N2O6S. The molecule has 2 aliphatic heterocycles. The van der Waals surface area contributed by atoms with Crippen molar-refractivity contribution in [2.75, 3.05) is 26.2 Å². The number of piperidine rings is 1. The van der Waals surface area contributed by atoms with Crippen LogP contribution in [0, 0.1) is 5.92 Å². The van der Waals surface area contributed by atoms with E-state index in [1.54, 1.807) is 30.3 Å². The van der Waals surface area contributed by atoms with Crippen LogP contribution in [0.15, 0.2) is 47.4 Å². The van der Waals surface area contributed by atoms with Crippen molar-refractivity contribution in [1.29, 1.82) is 0 Å². The number of aryl methyl sites for hydroxylation is 2. The molecule has 35 heavy (non-hydrogen) atoms. The molecule has 1 fully saturated rings. The van der Waals surface area contributed by atoms with E-state index in [-0.39, 0.29) is 38.1 Å². The molecule has 1 aliphatic carbocycles. The molecule has 8 nitrogen and oxygen atoms in total. The highest BCUT2D eigenvalue weighted by molar-refractivity contribution is 7.89. The summed E-state index contributed by atoms with van der Waals surface area (Å²) in [6.45, 7) is 0.400. The van der Waals surface area contributed by atoms with Crippen LogP contribution in [-0.4, -0.2) is 61.6 Å². The second-order valence-electron chi connectivity index (χ2n) is 9.29. The van der Waals surface area contributed by atoms with E-state index >= 15 is 0 Å². The molecule has 2 amide bonds. The Bertz CT molecular complexity index is 1250. The molecule has 184 valence electrons. The summed E-state index contributed by atoms with van der Waals surface area (Å²) in [7, 11) is -3.61. The first kappa shape index (κ1) is 23.7. The molecule has 0 atom stereocenters. The zero-order valence-corrected chi connectivity index (χ0v) is 20.3. The highest BCUT2D eigenvalue weighted by atomic mass is 32.2. The van der Waals surface area contributed by atoms with Gasteiger partial charge in [0.15, 0.2) is 0 Å². The number of rotatable bonds is 6. The average molecular weight is 497 g/mol. The van der Waals surface area contributed by atoms with Gasteiger partial charge in [0.05, 0.1) is 28.5 Å². The molecule has 0 bridgehead atoms. The number of fused-ring (bicyclic) bond motifs is 2. The van der Waals surface area contributed by atoms with Crippen LogP contribution >= 0.6 is 0 Å². The third-order valence-corrected chi connectivity index (χ3v) is 9.08. The summed E-state index contributed by atoms with van der Waals surface area (Å²) in [5.41, 5.74) is 3.07. The number of benzene rings is 2. The fourth-order valence-corrected chi connectivity index (χ4v) is 6.67. The summed E-state index contributed by atoms with van der Waals surface area (Å²) >= 11 is 0. The van der Waals surface area contributed by atoms with Gasteiger partial charge < -0.3 is 4.74 Å². The molecule has 2 heterocycles. The number of hydrogen-bond donors (Lipinski definition) is 0. The molecule has 1 saturated heterocycles. The van der Waals surface area contributed by atoms with Crippen LogP contribution < -0.4 is 0 Å². The standard InChI is InChI=1S/C26H28N2O6S/c29-24-22-7-3-4-8-23(22)25(30)28(24)15-16-34-26(31)19-11-13-27(14-12-19)35(32,33)21-10-9-18-5-1-2-6-20(18)17-21/h3-4,7-10,17,19H,1-2,5-6,11-16H2. The highest BCUT2D eigenvalue weighted by Crippen LogP contribution is 2.29. The minimum absolute atomic E-state index is 0.0103. The summed E-state index contributed by atoms with van der Waals surface area (Å²) in [5, 5.41) is 0. The normalized spacial score (nSPS) is 18.9. The summed E-state index contributed by atoms with van der Waals surface area (Å²) in [4.78, 5) is 38.8. The Labute approximate surface area is 204 Å². The minimum atomic E-state index is -3.61. The maximum atomic E-state index is 13.2. The van der Waals surface area contributed by atoms with Crippen molar-refractivity contribution in [3.05, 3.63) is 64.7 Å². The lowest BCUT2D eigenvalue weighted by molar-refractivity contribution is -0.150. The van der Waals surface area contributed by atoms with Gasteiger partial charge in [-0.15, -0.1) is 0 Å². The molecule has 5 rings (SSSR count). The number of esters is 1. The van der Waals surface area contributed by atoms with Crippen LogP contribution in [0.3, 0.4) is 0 Å². The van der Waals surface area contributed by atoms with Gasteiger partial charge in [-0.25, -0.2) is 8.42 Å². The molecule has 0 N–H and O–H groups in total. The first-order valence-electron chi connectivity index (χ1n) is 12.1. The fourth-order valence-electron chi connectivity index (χ4n) is 5.15. The van der Waals surface area contributed by atoms with Crippen molar-refractivity contribution < 1.29 is 27.5 Å². The summed E-state index contributed by atoms with van der Waals surface area (Å²) in [6.07, 6.45) is 4.87. The number of sulfonamides is 1. The number of nitrogens with zero attached hydrogens (tertiary/aromatic N) is 2. The Morgan fingerprint density at radius 3 is 2.20 bits per heavy atom. The maximum Gasteiger partial charge on any atom is 0.309 e. The van der Waals surface area contributed by atoms with Gasteiger partial charge in [0.25, 0.3) is 11.8 Å². The predicted molar refractivity (Wildman–Crippen MR) is 127 cm³/mol. The molecule has 9 heteroatoms. The van der Waals surface area contributed by atoms with Crippen molar-refractivity contribution in [2.24, 2.45) is 5.92 Å². The fraction of sp³-hybridized carbons (Fsp3) is 0.423. The first-order chi connectivity index (χ1) is 16.9. The average Bonchev–Trinajstić information content (AvgIpc) is 3.13. The first-order valence-corrected chi connectivity index (χ1v) is 13.5. The van der Waals surface area contributed by atoms with E-state index < -0.39 is 21.9 Å². The smallest absolute Gasteiger partial charge is 0.309 e.